The molecule has 3 aliphatic heterocycles. The van der Waals surface area contributed by atoms with E-state index in [-0.39, 0.29) is 25.2 Å². The van der Waals surface area contributed by atoms with Crippen LogP contribution in [-0.2, 0) is 22.7 Å². The van der Waals surface area contributed by atoms with Gasteiger partial charge in [-0.3, -0.25) is 19.3 Å². The van der Waals surface area contributed by atoms with E-state index in [1.54, 1.807) is 12.0 Å². The molecule has 11 nitrogen and oxygen atoms in total. The van der Waals surface area contributed by atoms with Crippen LogP contribution in [0.15, 0.2) is 60.7 Å². The first-order chi connectivity index (χ1) is 24.0. The highest BCUT2D eigenvalue weighted by molar-refractivity contribution is 5.98. The summed E-state index contributed by atoms with van der Waals surface area (Å²) in [6.07, 6.45) is 2.16. The molecule has 1 saturated heterocycles. The molecule has 0 spiro atoms. The topological polar surface area (TPSA) is 109 Å². The zero-order chi connectivity index (χ0) is 35.6. The molecule has 0 aromatic heterocycles. The third kappa shape index (κ3) is 7.44. The maximum Gasteiger partial charge on any atom is 0.308 e. The molecule has 3 aliphatic rings. The third-order valence-electron chi connectivity index (χ3n) is 9.99. The molecular weight excluding hydrogens is 636 g/mol. The van der Waals surface area contributed by atoms with Gasteiger partial charge in [0.25, 0.3) is 5.91 Å². The van der Waals surface area contributed by atoms with E-state index in [9.17, 15) is 19.5 Å². The van der Waals surface area contributed by atoms with Gasteiger partial charge in [-0.05, 0) is 54.3 Å². The Morgan fingerprint density at radius 3 is 2.58 bits per heavy atom. The molecule has 3 atom stereocenters. The number of carboxylic acids is 1. The number of carbonyl (C=O) groups excluding carboxylic acids is 2. The number of amides is 2. The van der Waals surface area contributed by atoms with Gasteiger partial charge in [0.15, 0.2) is 11.5 Å². The average Bonchev–Trinajstić information content (AvgIpc) is 3.78. The lowest BCUT2D eigenvalue weighted by Crippen LogP contribution is -2.45. The van der Waals surface area contributed by atoms with Crippen LogP contribution in [0.25, 0.3) is 0 Å². The minimum atomic E-state index is -0.946. The number of hydrogen-bond donors (Lipinski definition) is 1. The number of methoxy groups -OCH3 is 1. The first kappa shape index (κ1) is 35.2. The summed E-state index contributed by atoms with van der Waals surface area (Å²) >= 11 is 0. The SMILES string of the molecule is CCCCN(C(=O)CN1CC(c2cc(OC)c3c(c2)OCO3)C(C(=O)O)C1CCN1Cc2ccccc2C1=O)c1cccc(C[N+](C)(C)C)c1. The van der Waals surface area contributed by atoms with Crippen LogP contribution in [0.2, 0.25) is 0 Å². The molecule has 0 aliphatic carbocycles. The molecule has 3 unspecified atom stereocenters. The minimum absolute atomic E-state index is 0.0457. The highest BCUT2D eigenvalue weighted by Gasteiger charge is 2.48. The van der Waals surface area contributed by atoms with Gasteiger partial charge in [0.1, 0.15) is 6.54 Å². The predicted octanol–water partition coefficient (Wildman–Crippen LogP) is 4.98. The summed E-state index contributed by atoms with van der Waals surface area (Å²) in [5, 5.41) is 10.8. The number of rotatable bonds is 14. The van der Waals surface area contributed by atoms with Gasteiger partial charge >= 0.3 is 5.97 Å². The van der Waals surface area contributed by atoms with Crippen molar-refractivity contribution >= 4 is 23.5 Å². The fourth-order valence-corrected chi connectivity index (χ4v) is 7.68. The van der Waals surface area contributed by atoms with Gasteiger partial charge in [0, 0.05) is 55.0 Å². The number of anilines is 1. The van der Waals surface area contributed by atoms with Crippen LogP contribution in [0.1, 0.15) is 59.2 Å². The Morgan fingerprint density at radius 2 is 1.86 bits per heavy atom. The first-order valence-electron chi connectivity index (χ1n) is 17.5. The van der Waals surface area contributed by atoms with Gasteiger partial charge in [-0.15, -0.1) is 0 Å². The van der Waals surface area contributed by atoms with Crippen molar-refractivity contribution in [1.29, 1.82) is 0 Å². The number of aliphatic carboxylic acids is 1. The van der Waals surface area contributed by atoms with Gasteiger partial charge in [0.05, 0.1) is 40.7 Å². The molecule has 50 heavy (non-hydrogen) atoms. The van der Waals surface area contributed by atoms with Crippen LogP contribution in [0, 0.1) is 5.92 Å². The van der Waals surface area contributed by atoms with Crippen molar-refractivity contribution in [3.63, 3.8) is 0 Å². The van der Waals surface area contributed by atoms with E-state index >= 15 is 0 Å². The fourth-order valence-electron chi connectivity index (χ4n) is 7.68. The van der Waals surface area contributed by atoms with E-state index in [0.29, 0.717) is 55.4 Å². The number of carboxylic acid groups (broad SMARTS) is 1. The number of unbranched alkanes of at least 4 members (excludes halogenated alkanes) is 1. The van der Waals surface area contributed by atoms with E-state index in [4.69, 9.17) is 14.2 Å². The Kier molecular flexibility index (Phi) is 10.4. The number of nitrogens with zero attached hydrogens (tertiary/aromatic N) is 4. The van der Waals surface area contributed by atoms with Crippen LogP contribution in [0.4, 0.5) is 5.69 Å². The largest absolute Gasteiger partial charge is 0.493 e. The molecule has 0 saturated carbocycles. The van der Waals surface area contributed by atoms with Crippen LogP contribution < -0.4 is 19.1 Å². The molecule has 3 aromatic carbocycles. The highest BCUT2D eigenvalue weighted by Crippen LogP contribution is 2.47. The number of benzene rings is 3. The van der Waals surface area contributed by atoms with Gasteiger partial charge < -0.3 is 33.6 Å². The Balaban J connectivity index is 1.31. The molecule has 6 rings (SSSR count). The standard InChI is InChI=1S/C39H48N4O7/c1-6-7-16-42(29-13-10-11-26(18-29)24-43(2,3)4)35(44)23-41-22-31(28-19-33(48-5)37-34(20-28)49-25-50-37)36(39(46)47)32(41)15-17-40-21-27-12-8-9-14-30(27)38(40)45/h8-14,18-20,31-32,36H,6-7,15-17,21-25H2,1-5H3/p+1. The van der Waals surface area contributed by atoms with Crippen molar-refractivity contribution < 1.29 is 38.2 Å². The monoisotopic (exact) mass is 685 g/mol. The summed E-state index contributed by atoms with van der Waals surface area (Å²) in [5.41, 5.74) is 4.39. The normalized spacial score (nSPS) is 19.9. The Bertz CT molecular complexity index is 1740. The van der Waals surface area contributed by atoms with Gasteiger partial charge in [-0.2, -0.15) is 0 Å². The van der Waals surface area contributed by atoms with Crippen molar-refractivity contribution in [3.8, 4) is 17.2 Å². The molecule has 3 heterocycles. The number of quaternary nitrogens is 1. The fraction of sp³-hybridized carbons (Fsp3) is 0.462. The molecule has 266 valence electrons. The molecule has 1 N–H and O–H groups in total. The maximum atomic E-state index is 14.4. The Hall–Kier alpha value is -4.61. The van der Waals surface area contributed by atoms with Crippen LogP contribution in [0.3, 0.4) is 0 Å². The van der Waals surface area contributed by atoms with Gasteiger partial charge in [-0.25, -0.2) is 0 Å². The summed E-state index contributed by atoms with van der Waals surface area (Å²) in [6, 6.07) is 18.9. The smallest absolute Gasteiger partial charge is 0.308 e. The molecule has 0 radical (unpaired) electrons. The summed E-state index contributed by atoms with van der Waals surface area (Å²) < 4.78 is 17.7. The second kappa shape index (κ2) is 14.7. The van der Waals surface area contributed by atoms with Crippen molar-refractivity contribution in [3.05, 3.63) is 82.9 Å². The van der Waals surface area contributed by atoms with Crippen molar-refractivity contribution in [2.45, 2.75) is 51.2 Å². The molecule has 3 aromatic rings. The highest BCUT2D eigenvalue weighted by atomic mass is 16.7. The molecule has 2 amide bonds. The Morgan fingerprint density at radius 1 is 1.06 bits per heavy atom. The summed E-state index contributed by atoms with van der Waals surface area (Å²) in [4.78, 5) is 46.6. The predicted molar refractivity (Wildman–Crippen MR) is 190 cm³/mol. The van der Waals surface area contributed by atoms with Gasteiger partial charge in [0.2, 0.25) is 18.4 Å². The Labute approximate surface area is 294 Å². The lowest BCUT2D eigenvalue weighted by atomic mass is 9.84. The molecule has 0 bridgehead atoms. The van der Waals surface area contributed by atoms with Crippen molar-refractivity contribution in [2.24, 2.45) is 5.92 Å². The quantitative estimate of drug-likeness (QED) is 0.237. The van der Waals surface area contributed by atoms with Crippen LogP contribution in [-0.4, -0.2) is 104 Å². The zero-order valence-corrected chi connectivity index (χ0v) is 29.8. The third-order valence-corrected chi connectivity index (χ3v) is 9.99. The average molecular weight is 686 g/mol. The zero-order valence-electron chi connectivity index (χ0n) is 29.8. The number of hydrogen-bond acceptors (Lipinski definition) is 7. The van der Waals surface area contributed by atoms with E-state index in [2.05, 4.69) is 40.2 Å². The van der Waals surface area contributed by atoms with E-state index in [1.165, 1.54) is 0 Å². The minimum Gasteiger partial charge on any atom is -0.493 e. The summed E-state index contributed by atoms with van der Waals surface area (Å²) in [6.45, 7) is 4.78. The number of fused-ring (bicyclic) bond motifs is 2. The van der Waals surface area contributed by atoms with Gasteiger partial charge in [-0.1, -0.05) is 43.7 Å². The second-order valence-electron chi connectivity index (χ2n) is 14.6. The summed E-state index contributed by atoms with van der Waals surface area (Å²) in [5.74, 6) is -0.899. The molecular formula is C39H49N4O7+. The molecule has 1 fully saturated rings. The molecule has 11 heteroatoms. The van der Waals surface area contributed by atoms with Crippen molar-refractivity contribution in [2.75, 3.05) is 66.1 Å². The lowest BCUT2D eigenvalue weighted by Gasteiger charge is -2.31. The van der Waals surface area contributed by atoms with Crippen LogP contribution in [0.5, 0.6) is 17.2 Å². The number of carbonyl (C=O) groups is 3. The van der Waals surface area contributed by atoms with E-state index in [1.807, 2.05) is 58.3 Å². The second-order valence-corrected chi connectivity index (χ2v) is 14.6. The van der Waals surface area contributed by atoms with Crippen LogP contribution >= 0.6 is 0 Å². The summed E-state index contributed by atoms with van der Waals surface area (Å²) in [7, 11) is 7.96. The van der Waals surface area contributed by atoms with Crippen molar-refractivity contribution in [1.82, 2.24) is 9.80 Å². The number of likely N-dealkylation sites (tertiary alicyclic amines) is 1. The van der Waals surface area contributed by atoms with E-state index < -0.39 is 23.8 Å². The number of ether oxygens (including phenoxy) is 3. The first-order valence-corrected chi connectivity index (χ1v) is 17.5. The van der Waals surface area contributed by atoms with E-state index in [0.717, 1.165) is 46.2 Å². The lowest BCUT2D eigenvalue weighted by molar-refractivity contribution is -0.884. The maximum absolute atomic E-state index is 14.4.